The Hall–Kier alpha value is -2.28. The smallest absolute Gasteiger partial charge is 0.382 e. The summed E-state index contributed by atoms with van der Waals surface area (Å²) >= 11 is 0. The second kappa shape index (κ2) is 3.23. The molecule has 0 radical (unpaired) electrons. The first-order chi connectivity index (χ1) is 6.75. The van der Waals surface area contributed by atoms with Gasteiger partial charge in [-0.1, -0.05) is 5.92 Å². The van der Waals surface area contributed by atoms with Crippen molar-refractivity contribution >= 4 is 17.0 Å². The zero-order valence-electron chi connectivity index (χ0n) is 7.11. The highest BCUT2D eigenvalue weighted by Crippen LogP contribution is 2.10. The van der Waals surface area contributed by atoms with Gasteiger partial charge in [-0.2, -0.15) is 0 Å². The fraction of sp³-hybridized carbons (Fsp3) is 0. The van der Waals surface area contributed by atoms with Crippen LogP contribution in [0.4, 0.5) is 0 Å². The molecule has 0 aliphatic rings. The number of hydrogen-bond donors (Lipinski definition) is 2. The number of nitrogens with one attached hydrogen (secondary N) is 1. The highest BCUT2D eigenvalue weighted by Gasteiger charge is 1.95. The molecule has 0 amide bonds. The molecule has 0 saturated heterocycles. The first-order valence-corrected chi connectivity index (χ1v) is 3.94. The Morgan fingerprint density at radius 1 is 1.50 bits per heavy atom. The van der Waals surface area contributed by atoms with Crippen LogP contribution in [0.5, 0.6) is 0 Å². The van der Waals surface area contributed by atoms with Crippen LogP contribution in [0.25, 0.3) is 11.0 Å². The fourth-order valence-electron chi connectivity index (χ4n) is 1.14. The van der Waals surface area contributed by atoms with Gasteiger partial charge < -0.3 is 10.1 Å². The van der Waals surface area contributed by atoms with E-state index < -0.39 is 5.97 Å². The molecule has 4 heteroatoms. The maximum Gasteiger partial charge on any atom is 0.382 e. The van der Waals surface area contributed by atoms with Crippen molar-refractivity contribution in [3.63, 3.8) is 0 Å². The molecule has 14 heavy (non-hydrogen) atoms. The summed E-state index contributed by atoms with van der Waals surface area (Å²) < 4.78 is 0. The van der Waals surface area contributed by atoms with E-state index in [2.05, 4.69) is 21.8 Å². The summed E-state index contributed by atoms with van der Waals surface area (Å²) in [6, 6.07) is 5.29. The highest BCUT2D eigenvalue weighted by atomic mass is 16.4. The molecule has 4 nitrogen and oxygen atoms in total. The number of aromatic amines is 1. The average molecular weight is 186 g/mol. The average Bonchev–Trinajstić information content (AvgIpc) is 2.61. The molecule has 0 saturated carbocycles. The van der Waals surface area contributed by atoms with Gasteiger partial charge in [0.25, 0.3) is 0 Å². The number of aliphatic carboxylic acids is 1. The van der Waals surface area contributed by atoms with Gasteiger partial charge in [0, 0.05) is 11.5 Å². The van der Waals surface area contributed by atoms with Gasteiger partial charge >= 0.3 is 5.97 Å². The topological polar surface area (TPSA) is 66.0 Å². The van der Waals surface area contributed by atoms with Crippen molar-refractivity contribution in [3.8, 4) is 11.8 Å². The Morgan fingerprint density at radius 3 is 3.14 bits per heavy atom. The van der Waals surface area contributed by atoms with Gasteiger partial charge in [0.15, 0.2) is 0 Å². The molecule has 1 heterocycles. The van der Waals surface area contributed by atoms with Crippen LogP contribution in [-0.4, -0.2) is 21.0 Å². The Kier molecular flexibility index (Phi) is 1.92. The Morgan fingerprint density at radius 2 is 2.36 bits per heavy atom. The standard InChI is InChI=1S/C10H6N2O2/c13-10(14)4-2-7-1-3-8-9(5-7)12-6-11-8/h1,3,5-6H,(H,11,12)(H,13,14). The molecule has 68 valence electrons. The van der Waals surface area contributed by atoms with Gasteiger partial charge in [-0.15, -0.1) is 0 Å². The van der Waals surface area contributed by atoms with Crippen molar-refractivity contribution in [2.75, 3.05) is 0 Å². The molecule has 2 aromatic rings. The lowest BCUT2D eigenvalue weighted by atomic mass is 10.2. The summed E-state index contributed by atoms with van der Waals surface area (Å²) in [5, 5.41) is 8.35. The number of fused-ring (bicyclic) bond motifs is 1. The Labute approximate surface area is 79.6 Å². The minimum atomic E-state index is -1.13. The second-order valence-electron chi connectivity index (χ2n) is 2.69. The van der Waals surface area contributed by atoms with Crippen LogP contribution < -0.4 is 0 Å². The monoisotopic (exact) mass is 186 g/mol. The van der Waals surface area contributed by atoms with E-state index in [0.29, 0.717) is 5.56 Å². The summed E-state index contributed by atoms with van der Waals surface area (Å²) in [4.78, 5) is 17.1. The predicted molar refractivity (Wildman–Crippen MR) is 50.6 cm³/mol. The van der Waals surface area contributed by atoms with Crippen molar-refractivity contribution in [2.24, 2.45) is 0 Å². The van der Waals surface area contributed by atoms with Crippen molar-refractivity contribution in [1.29, 1.82) is 0 Å². The van der Waals surface area contributed by atoms with E-state index in [4.69, 9.17) is 5.11 Å². The molecule has 1 aromatic heterocycles. The van der Waals surface area contributed by atoms with E-state index in [1.54, 1.807) is 24.5 Å². The largest absolute Gasteiger partial charge is 0.472 e. The zero-order chi connectivity index (χ0) is 9.97. The van der Waals surface area contributed by atoms with Gasteiger partial charge in [-0.05, 0) is 18.2 Å². The van der Waals surface area contributed by atoms with Gasteiger partial charge in [0.05, 0.1) is 17.4 Å². The number of carboxylic acid groups (broad SMARTS) is 1. The first kappa shape index (κ1) is 8.32. The maximum atomic E-state index is 10.2. The number of H-pyrrole nitrogens is 1. The molecule has 0 aliphatic carbocycles. The molecule has 1 aromatic carbocycles. The molecule has 0 fully saturated rings. The van der Waals surface area contributed by atoms with Crippen LogP contribution in [-0.2, 0) is 4.79 Å². The number of imidazole rings is 1. The van der Waals surface area contributed by atoms with Gasteiger partial charge in [-0.3, -0.25) is 0 Å². The number of nitrogens with zero attached hydrogens (tertiary/aromatic N) is 1. The van der Waals surface area contributed by atoms with Crippen LogP contribution in [0.15, 0.2) is 24.5 Å². The van der Waals surface area contributed by atoms with Crippen LogP contribution in [0.2, 0.25) is 0 Å². The normalized spacial score (nSPS) is 9.43. The summed E-state index contributed by atoms with van der Waals surface area (Å²) in [5.41, 5.74) is 2.34. The number of carbonyl (C=O) groups is 1. The third-order valence-electron chi connectivity index (χ3n) is 1.73. The molecular weight excluding hydrogens is 180 g/mol. The molecule has 0 unspecified atom stereocenters. The summed E-state index contributed by atoms with van der Waals surface area (Å²) in [6.45, 7) is 0. The minimum Gasteiger partial charge on any atom is -0.472 e. The Bertz CT molecular complexity index is 546. The maximum absolute atomic E-state index is 10.2. The molecule has 0 aliphatic heterocycles. The number of hydrogen-bond acceptors (Lipinski definition) is 2. The van der Waals surface area contributed by atoms with Crippen LogP contribution in [0.1, 0.15) is 5.56 Å². The van der Waals surface area contributed by atoms with E-state index in [9.17, 15) is 4.79 Å². The highest BCUT2D eigenvalue weighted by molar-refractivity contribution is 5.87. The van der Waals surface area contributed by atoms with Crippen LogP contribution in [0.3, 0.4) is 0 Å². The van der Waals surface area contributed by atoms with E-state index in [1.165, 1.54) is 0 Å². The van der Waals surface area contributed by atoms with Gasteiger partial charge in [-0.25, -0.2) is 9.78 Å². The SMILES string of the molecule is O=C(O)C#Cc1ccc2nc[nH]c2c1. The van der Waals surface area contributed by atoms with E-state index in [-0.39, 0.29) is 0 Å². The van der Waals surface area contributed by atoms with E-state index >= 15 is 0 Å². The van der Waals surface area contributed by atoms with E-state index in [0.717, 1.165) is 11.0 Å². The number of benzene rings is 1. The third kappa shape index (κ3) is 1.57. The van der Waals surface area contributed by atoms with Crippen LogP contribution >= 0.6 is 0 Å². The lowest BCUT2D eigenvalue weighted by molar-refractivity contribution is -0.130. The molecule has 0 bridgehead atoms. The zero-order valence-corrected chi connectivity index (χ0v) is 7.11. The predicted octanol–water partition coefficient (Wildman–Crippen LogP) is 0.999. The molecule has 0 spiro atoms. The molecule has 2 N–H and O–H groups in total. The van der Waals surface area contributed by atoms with Gasteiger partial charge in [0.1, 0.15) is 0 Å². The van der Waals surface area contributed by atoms with Crippen molar-refractivity contribution in [2.45, 2.75) is 0 Å². The fourth-order valence-corrected chi connectivity index (χ4v) is 1.14. The first-order valence-electron chi connectivity index (χ1n) is 3.94. The molecular formula is C10H6N2O2. The Balaban J connectivity index is 2.45. The lowest BCUT2D eigenvalue weighted by Gasteiger charge is -1.89. The number of carboxylic acids is 1. The summed E-state index contributed by atoms with van der Waals surface area (Å²) in [5.74, 6) is 3.45. The molecule has 0 atom stereocenters. The van der Waals surface area contributed by atoms with Crippen molar-refractivity contribution < 1.29 is 9.90 Å². The number of aromatic nitrogens is 2. The lowest BCUT2D eigenvalue weighted by Crippen LogP contribution is -1.87. The van der Waals surface area contributed by atoms with Crippen LogP contribution in [0, 0.1) is 11.8 Å². The minimum absolute atomic E-state index is 0.657. The van der Waals surface area contributed by atoms with E-state index in [1.807, 2.05) is 0 Å². The van der Waals surface area contributed by atoms with Crippen molar-refractivity contribution in [3.05, 3.63) is 30.1 Å². The third-order valence-corrected chi connectivity index (χ3v) is 1.73. The van der Waals surface area contributed by atoms with Crippen molar-refractivity contribution in [1.82, 2.24) is 9.97 Å². The molecule has 2 rings (SSSR count). The second-order valence-corrected chi connectivity index (χ2v) is 2.69. The number of rotatable bonds is 0. The summed E-state index contributed by atoms with van der Waals surface area (Å²) in [7, 11) is 0. The summed E-state index contributed by atoms with van der Waals surface area (Å²) in [6.07, 6.45) is 1.58. The quantitative estimate of drug-likeness (QED) is 0.603. The van der Waals surface area contributed by atoms with Gasteiger partial charge in [0.2, 0.25) is 0 Å².